The van der Waals surface area contributed by atoms with E-state index in [1.165, 1.54) is 0 Å². The van der Waals surface area contributed by atoms with Crippen molar-refractivity contribution >= 4 is 40.7 Å². The van der Waals surface area contributed by atoms with Gasteiger partial charge in [-0.1, -0.05) is 109 Å². The largest absolute Gasteiger partial charge is 0.325 e. The molecule has 4 rings (SSSR count). The van der Waals surface area contributed by atoms with Crippen LogP contribution >= 0.6 is 23.4 Å². The number of amides is 1. The number of carbonyl (C=O) groups excluding carboxylic acids is 2. The Morgan fingerprint density at radius 1 is 0.735 bits per heavy atom. The van der Waals surface area contributed by atoms with E-state index in [0.717, 1.165) is 11.1 Å². The second-order valence-electron chi connectivity index (χ2n) is 7.80. The van der Waals surface area contributed by atoms with E-state index in [4.69, 9.17) is 11.6 Å². The summed E-state index contributed by atoms with van der Waals surface area (Å²) in [5.74, 6) is -0.935. The summed E-state index contributed by atoms with van der Waals surface area (Å²) in [5, 5.41) is 3.00. The van der Waals surface area contributed by atoms with Gasteiger partial charge in [0, 0.05) is 22.0 Å². The lowest BCUT2D eigenvalue weighted by atomic mass is 9.89. The SMILES string of the molecule is O=C(Nc1ccccc1)[C@H](C(=O)c1ccccc1)[C@H](SCc1ccccc1)c1ccccc1Cl. The van der Waals surface area contributed by atoms with Gasteiger partial charge in [-0.05, 0) is 29.3 Å². The molecule has 0 bridgehead atoms. The number of nitrogens with one attached hydrogen (secondary N) is 1. The zero-order valence-corrected chi connectivity index (χ0v) is 20.0. The fourth-order valence-corrected chi connectivity index (χ4v) is 5.46. The topological polar surface area (TPSA) is 46.2 Å². The first-order valence-electron chi connectivity index (χ1n) is 11.0. The molecule has 34 heavy (non-hydrogen) atoms. The Hall–Kier alpha value is -3.34. The van der Waals surface area contributed by atoms with Gasteiger partial charge in [-0.2, -0.15) is 0 Å². The van der Waals surface area contributed by atoms with Crippen molar-refractivity contribution in [3.63, 3.8) is 0 Å². The van der Waals surface area contributed by atoms with E-state index in [2.05, 4.69) is 5.32 Å². The number of carbonyl (C=O) groups is 2. The van der Waals surface area contributed by atoms with E-state index >= 15 is 0 Å². The van der Waals surface area contributed by atoms with Crippen LogP contribution in [-0.2, 0) is 10.5 Å². The Labute approximate surface area is 209 Å². The molecular weight excluding hydrogens is 462 g/mol. The van der Waals surface area contributed by atoms with E-state index in [1.54, 1.807) is 42.1 Å². The summed E-state index contributed by atoms with van der Waals surface area (Å²) in [6.07, 6.45) is 0. The maximum Gasteiger partial charge on any atom is 0.236 e. The number of anilines is 1. The van der Waals surface area contributed by atoms with Crippen molar-refractivity contribution < 1.29 is 9.59 Å². The highest BCUT2D eigenvalue weighted by Crippen LogP contribution is 2.42. The molecule has 0 spiro atoms. The zero-order chi connectivity index (χ0) is 23.8. The van der Waals surface area contributed by atoms with E-state index < -0.39 is 11.2 Å². The standard InChI is InChI=1S/C29H24ClNO2S/c30-25-19-11-10-18-24(25)28(34-20-21-12-4-1-5-13-21)26(27(32)22-14-6-2-7-15-22)29(33)31-23-16-8-3-9-17-23/h1-19,26,28H,20H2,(H,31,33)/t26-,28-/m1/s1. The molecule has 2 atom stereocenters. The van der Waals surface area contributed by atoms with Crippen molar-refractivity contribution in [1.82, 2.24) is 0 Å². The lowest BCUT2D eigenvalue weighted by Gasteiger charge is -2.26. The van der Waals surface area contributed by atoms with E-state index in [1.807, 2.05) is 84.9 Å². The summed E-state index contributed by atoms with van der Waals surface area (Å²) in [6.45, 7) is 0. The summed E-state index contributed by atoms with van der Waals surface area (Å²) in [4.78, 5) is 27.5. The minimum absolute atomic E-state index is 0.237. The Morgan fingerprint density at radius 3 is 1.94 bits per heavy atom. The number of thioether (sulfide) groups is 1. The van der Waals surface area contributed by atoms with E-state index in [9.17, 15) is 9.59 Å². The number of rotatable bonds is 9. The molecule has 4 aromatic rings. The van der Waals surface area contributed by atoms with Crippen molar-refractivity contribution in [1.29, 1.82) is 0 Å². The van der Waals surface area contributed by atoms with Crippen LogP contribution in [0.15, 0.2) is 115 Å². The third kappa shape index (κ3) is 5.96. The Balaban J connectivity index is 1.75. The molecule has 0 radical (unpaired) electrons. The number of ketones is 1. The van der Waals surface area contributed by atoms with Crippen LogP contribution in [-0.4, -0.2) is 11.7 Å². The van der Waals surface area contributed by atoms with Crippen LogP contribution in [0, 0.1) is 5.92 Å². The van der Waals surface area contributed by atoms with Crippen molar-refractivity contribution in [2.45, 2.75) is 11.0 Å². The molecule has 0 saturated carbocycles. The molecule has 1 amide bonds. The molecule has 0 saturated heterocycles. The second kappa shape index (κ2) is 11.7. The summed E-state index contributed by atoms with van der Waals surface area (Å²) in [6, 6.07) is 35.6. The van der Waals surface area contributed by atoms with Gasteiger partial charge in [0.25, 0.3) is 0 Å². The normalized spacial score (nSPS) is 12.5. The van der Waals surface area contributed by atoms with Gasteiger partial charge in [0.05, 0.1) is 5.25 Å². The number of Topliss-reactive ketones (excluding diaryl/α,β-unsaturated/α-hetero) is 1. The number of halogens is 1. The van der Waals surface area contributed by atoms with Gasteiger partial charge >= 0.3 is 0 Å². The molecule has 4 aromatic carbocycles. The van der Waals surface area contributed by atoms with Gasteiger partial charge in [-0.3, -0.25) is 9.59 Å². The predicted octanol–water partition coefficient (Wildman–Crippen LogP) is 7.45. The monoisotopic (exact) mass is 485 g/mol. The minimum Gasteiger partial charge on any atom is -0.325 e. The van der Waals surface area contributed by atoms with E-state index in [-0.39, 0.29) is 11.7 Å². The molecule has 0 aliphatic heterocycles. The number of hydrogen-bond donors (Lipinski definition) is 1. The average molecular weight is 486 g/mol. The maximum absolute atomic E-state index is 13.8. The summed E-state index contributed by atoms with van der Waals surface area (Å²) >= 11 is 8.15. The molecule has 0 aromatic heterocycles. The predicted molar refractivity (Wildman–Crippen MR) is 141 cm³/mol. The molecule has 170 valence electrons. The molecule has 0 unspecified atom stereocenters. The first kappa shape index (κ1) is 23.8. The van der Waals surface area contributed by atoms with Gasteiger partial charge in [0.2, 0.25) is 5.91 Å². The molecule has 0 aliphatic rings. The fourth-order valence-electron chi connectivity index (χ4n) is 3.75. The molecule has 1 N–H and O–H groups in total. The summed E-state index contributed by atoms with van der Waals surface area (Å²) in [7, 11) is 0. The highest BCUT2D eigenvalue weighted by atomic mass is 35.5. The van der Waals surface area contributed by atoms with E-state index in [0.29, 0.717) is 22.0 Å². The molecule has 5 heteroatoms. The molecule has 0 heterocycles. The van der Waals surface area contributed by atoms with Crippen LogP contribution in [0.2, 0.25) is 5.02 Å². The smallest absolute Gasteiger partial charge is 0.236 e. The van der Waals surface area contributed by atoms with Gasteiger partial charge in [0.1, 0.15) is 5.92 Å². The highest BCUT2D eigenvalue weighted by Gasteiger charge is 2.37. The quantitative estimate of drug-likeness (QED) is 0.198. The number of hydrogen-bond acceptors (Lipinski definition) is 3. The fraction of sp³-hybridized carbons (Fsp3) is 0.103. The van der Waals surface area contributed by atoms with Gasteiger partial charge in [-0.25, -0.2) is 0 Å². The van der Waals surface area contributed by atoms with Crippen molar-refractivity contribution in [3.05, 3.63) is 137 Å². The summed E-state index contributed by atoms with van der Waals surface area (Å²) < 4.78 is 0. The number of para-hydroxylation sites is 1. The van der Waals surface area contributed by atoms with Crippen LogP contribution in [0.5, 0.6) is 0 Å². The van der Waals surface area contributed by atoms with Gasteiger partial charge in [-0.15, -0.1) is 11.8 Å². The van der Waals surface area contributed by atoms with Crippen LogP contribution < -0.4 is 5.32 Å². The Kier molecular flexibility index (Phi) is 8.18. The van der Waals surface area contributed by atoms with Crippen molar-refractivity contribution in [2.75, 3.05) is 5.32 Å². The maximum atomic E-state index is 13.8. The highest BCUT2D eigenvalue weighted by molar-refractivity contribution is 7.98. The lowest BCUT2D eigenvalue weighted by Crippen LogP contribution is -2.34. The van der Waals surface area contributed by atoms with Crippen LogP contribution in [0.25, 0.3) is 0 Å². The molecule has 0 fully saturated rings. The average Bonchev–Trinajstić information content (AvgIpc) is 2.88. The lowest BCUT2D eigenvalue weighted by molar-refractivity contribution is -0.118. The molecular formula is C29H24ClNO2S. The Bertz CT molecular complexity index is 1230. The van der Waals surface area contributed by atoms with Crippen LogP contribution in [0.4, 0.5) is 5.69 Å². The number of benzene rings is 4. The first-order chi connectivity index (χ1) is 16.6. The Morgan fingerprint density at radius 2 is 1.29 bits per heavy atom. The zero-order valence-electron chi connectivity index (χ0n) is 18.4. The third-order valence-corrected chi connectivity index (χ3v) is 7.18. The van der Waals surface area contributed by atoms with Crippen LogP contribution in [0.1, 0.15) is 26.7 Å². The van der Waals surface area contributed by atoms with Gasteiger partial charge in [0.15, 0.2) is 5.78 Å². The second-order valence-corrected chi connectivity index (χ2v) is 9.34. The first-order valence-corrected chi connectivity index (χ1v) is 12.4. The summed E-state index contributed by atoms with van der Waals surface area (Å²) in [5.41, 5.74) is 3.01. The van der Waals surface area contributed by atoms with Crippen molar-refractivity contribution in [2.24, 2.45) is 5.92 Å². The third-order valence-electron chi connectivity index (χ3n) is 5.45. The van der Waals surface area contributed by atoms with Crippen LogP contribution in [0.3, 0.4) is 0 Å². The van der Waals surface area contributed by atoms with Crippen molar-refractivity contribution in [3.8, 4) is 0 Å². The molecule has 0 aliphatic carbocycles. The van der Waals surface area contributed by atoms with Gasteiger partial charge < -0.3 is 5.32 Å². The molecule has 3 nitrogen and oxygen atoms in total. The minimum atomic E-state index is -0.976.